The van der Waals surface area contributed by atoms with Crippen LogP contribution < -0.4 is 11.2 Å². The Hall–Kier alpha value is -2.19. The Kier molecular flexibility index (Phi) is 5.19. The fourth-order valence-electron chi connectivity index (χ4n) is 3.09. The Labute approximate surface area is 152 Å². The van der Waals surface area contributed by atoms with Gasteiger partial charge in [-0.1, -0.05) is 28.4 Å². The Morgan fingerprint density at radius 3 is 2.56 bits per heavy atom. The highest BCUT2D eigenvalue weighted by Crippen LogP contribution is 2.15. The van der Waals surface area contributed by atoms with Crippen LogP contribution in [0, 0.1) is 0 Å². The molecule has 7 nitrogen and oxygen atoms in total. The quantitative estimate of drug-likeness (QED) is 0.807. The van der Waals surface area contributed by atoms with Gasteiger partial charge in [0, 0.05) is 11.0 Å². The van der Waals surface area contributed by atoms with Crippen LogP contribution >= 0.6 is 15.9 Å². The van der Waals surface area contributed by atoms with E-state index in [2.05, 4.69) is 25.8 Å². The number of benzene rings is 1. The monoisotopic (exact) mass is 407 g/mol. The normalized spacial score (nSPS) is 15.2. The van der Waals surface area contributed by atoms with Gasteiger partial charge in [-0.2, -0.15) is 0 Å². The summed E-state index contributed by atoms with van der Waals surface area (Å²) in [5.41, 5.74) is -1.19. The Morgan fingerprint density at radius 1 is 1.20 bits per heavy atom. The van der Waals surface area contributed by atoms with Gasteiger partial charge in [-0.05, 0) is 44.1 Å². The molecule has 132 valence electrons. The van der Waals surface area contributed by atoms with Crippen molar-refractivity contribution in [1.82, 2.24) is 14.5 Å². The van der Waals surface area contributed by atoms with Crippen molar-refractivity contribution in [3.8, 4) is 5.69 Å². The number of carboxylic acids is 1. The van der Waals surface area contributed by atoms with Crippen molar-refractivity contribution < 1.29 is 9.90 Å². The van der Waals surface area contributed by atoms with E-state index in [-0.39, 0.29) is 17.8 Å². The predicted molar refractivity (Wildman–Crippen MR) is 96.4 cm³/mol. The molecule has 8 heteroatoms. The zero-order valence-corrected chi connectivity index (χ0v) is 15.1. The second kappa shape index (κ2) is 7.37. The van der Waals surface area contributed by atoms with Crippen LogP contribution in [-0.4, -0.2) is 38.6 Å². The van der Waals surface area contributed by atoms with E-state index in [0.29, 0.717) is 5.69 Å². The molecular formula is C17H18BrN3O4. The van der Waals surface area contributed by atoms with Gasteiger partial charge >= 0.3 is 11.7 Å². The molecule has 2 N–H and O–H groups in total. The molecule has 2 aromatic rings. The van der Waals surface area contributed by atoms with Gasteiger partial charge in [0.05, 0.1) is 11.3 Å². The van der Waals surface area contributed by atoms with Crippen LogP contribution in [0.15, 0.2) is 38.3 Å². The van der Waals surface area contributed by atoms with Crippen LogP contribution in [-0.2, 0) is 6.54 Å². The maximum absolute atomic E-state index is 12.9. The molecule has 0 radical (unpaired) electrons. The third kappa shape index (κ3) is 3.74. The van der Waals surface area contributed by atoms with Crippen LogP contribution in [0.1, 0.15) is 35.3 Å². The van der Waals surface area contributed by atoms with Crippen LogP contribution in [0.5, 0.6) is 0 Å². The van der Waals surface area contributed by atoms with Gasteiger partial charge in [0.1, 0.15) is 5.69 Å². The van der Waals surface area contributed by atoms with Crippen molar-refractivity contribution in [2.75, 3.05) is 13.1 Å². The molecule has 0 spiro atoms. The van der Waals surface area contributed by atoms with Crippen molar-refractivity contribution >= 4 is 21.9 Å². The topological polar surface area (TPSA) is 95.4 Å². The SMILES string of the molecule is O=C(O)c1[nH]c(=O)n(-c2cccc(Br)c2)c(=O)c1CN1CCCCC1. The number of hydrogen-bond donors (Lipinski definition) is 2. The summed E-state index contributed by atoms with van der Waals surface area (Å²) in [5.74, 6) is -1.30. The molecule has 1 aromatic carbocycles. The maximum atomic E-state index is 12.9. The number of likely N-dealkylation sites (tertiary alicyclic amines) is 1. The average Bonchev–Trinajstić information content (AvgIpc) is 2.58. The lowest BCUT2D eigenvalue weighted by Crippen LogP contribution is -2.41. The first-order valence-corrected chi connectivity index (χ1v) is 8.86. The molecule has 0 bridgehead atoms. The van der Waals surface area contributed by atoms with Crippen LogP contribution in [0.4, 0.5) is 0 Å². The van der Waals surface area contributed by atoms with E-state index in [4.69, 9.17) is 0 Å². The summed E-state index contributed by atoms with van der Waals surface area (Å²) in [6.07, 6.45) is 3.17. The lowest BCUT2D eigenvalue weighted by atomic mass is 10.1. The number of hydrogen-bond acceptors (Lipinski definition) is 4. The predicted octanol–water partition coefficient (Wildman–Crippen LogP) is 1.97. The molecule has 0 amide bonds. The molecule has 0 aliphatic carbocycles. The number of carboxylic acid groups (broad SMARTS) is 1. The van der Waals surface area contributed by atoms with E-state index in [1.54, 1.807) is 24.3 Å². The van der Waals surface area contributed by atoms with Gasteiger partial charge in [0.15, 0.2) is 0 Å². The molecule has 3 rings (SSSR count). The Bertz CT molecular complexity index is 913. The zero-order valence-electron chi connectivity index (χ0n) is 13.5. The van der Waals surface area contributed by atoms with Gasteiger partial charge in [-0.15, -0.1) is 0 Å². The van der Waals surface area contributed by atoms with Gasteiger partial charge in [0.25, 0.3) is 5.56 Å². The number of aromatic carboxylic acids is 1. The third-order valence-electron chi connectivity index (χ3n) is 4.31. The van der Waals surface area contributed by atoms with Crippen LogP contribution in [0.3, 0.4) is 0 Å². The zero-order chi connectivity index (χ0) is 18.0. The summed E-state index contributed by atoms with van der Waals surface area (Å²) in [7, 11) is 0. The molecule has 1 saturated heterocycles. The maximum Gasteiger partial charge on any atom is 0.352 e. The van der Waals surface area contributed by atoms with E-state index >= 15 is 0 Å². The standard InChI is InChI=1S/C17H18BrN3O4/c18-11-5-4-6-12(9-11)21-15(22)13(10-20-7-2-1-3-8-20)14(16(23)24)19-17(21)25/h4-6,9H,1-3,7-8,10H2,(H,19,25)(H,23,24). The Morgan fingerprint density at radius 2 is 1.92 bits per heavy atom. The van der Waals surface area contributed by atoms with E-state index < -0.39 is 17.2 Å². The molecule has 0 atom stereocenters. The first-order chi connectivity index (χ1) is 12.0. The summed E-state index contributed by atoms with van der Waals surface area (Å²) < 4.78 is 1.70. The highest BCUT2D eigenvalue weighted by molar-refractivity contribution is 9.10. The number of nitrogens with zero attached hydrogens (tertiary/aromatic N) is 2. The van der Waals surface area contributed by atoms with Crippen LogP contribution in [0.25, 0.3) is 5.69 Å². The lowest BCUT2D eigenvalue weighted by molar-refractivity contribution is 0.0686. The fourth-order valence-corrected chi connectivity index (χ4v) is 3.48. The molecule has 1 aliphatic heterocycles. The molecule has 0 unspecified atom stereocenters. The summed E-state index contributed by atoms with van der Waals surface area (Å²) in [4.78, 5) is 41.2. The Balaban J connectivity index is 2.14. The van der Waals surface area contributed by atoms with Gasteiger partial charge < -0.3 is 10.1 Å². The molecule has 1 aromatic heterocycles. The smallest absolute Gasteiger partial charge is 0.352 e. The molecular weight excluding hydrogens is 390 g/mol. The summed E-state index contributed by atoms with van der Waals surface area (Å²) >= 11 is 3.31. The molecule has 2 heterocycles. The molecule has 1 aliphatic rings. The third-order valence-corrected chi connectivity index (χ3v) is 4.80. The summed E-state index contributed by atoms with van der Waals surface area (Å²) in [6, 6.07) is 6.76. The number of rotatable bonds is 4. The van der Waals surface area contributed by atoms with Crippen molar-refractivity contribution in [1.29, 1.82) is 0 Å². The van der Waals surface area contributed by atoms with Crippen molar-refractivity contribution in [2.45, 2.75) is 25.8 Å². The second-order valence-corrected chi connectivity index (χ2v) is 6.96. The minimum absolute atomic E-state index is 0.106. The largest absolute Gasteiger partial charge is 0.477 e. The van der Waals surface area contributed by atoms with E-state index in [1.165, 1.54) is 0 Å². The molecule has 25 heavy (non-hydrogen) atoms. The lowest BCUT2D eigenvalue weighted by Gasteiger charge is -2.26. The second-order valence-electron chi connectivity index (χ2n) is 6.05. The minimum Gasteiger partial charge on any atom is -0.477 e. The number of halogens is 1. The van der Waals surface area contributed by atoms with Crippen molar-refractivity contribution in [2.24, 2.45) is 0 Å². The number of aromatic nitrogens is 2. The highest BCUT2D eigenvalue weighted by Gasteiger charge is 2.22. The number of carbonyl (C=O) groups is 1. The summed E-state index contributed by atoms with van der Waals surface area (Å²) in [6.45, 7) is 1.84. The first kappa shape index (κ1) is 17.6. The number of H-pyrrole nitrogens is 1. The first-order valence-electron chi connectivity index (χ1n) is 8.07. The fraction of sp³-hybridized carbons (Fsp3) is 0.353. The van der Waals surface area contributed by atoms with E-state index in [0.717, 1.165) is 41.4 Å². The van der Waals surface area contributed by atoms with Crippen molar-refractivity contribution in [3.05, 3.63) is 60.8 Å². The summed E-state index contributed by atoms with van der Waals surface area (Å²) in [5, 5.41) is 9.41. The van der Waals surface area contributed by atoms with Gasteiger partial charge in [0.2, 0.25) is 0 Å². The highest BCUT2D eigenvalue weighted by atomic mass is 79.9. The number of nitrogens with one attached hydrogen (secondary N) is 1. The van der Waals surface area contributed by atoms with Gasteiger partial charge in [-0.25, -0.2) is 14.2 Å². The van der Waals surface area contributed by atoms with Crippen molar-refractivity contribution in [3.63, 3.8) is 0 Å². The number of aromatic amines is 1. The van der Waals surface area contributed by atoms with Crippen LogP contribution in [0.2, 0.25) is 0 Å². The van der Waals surface area contributed by atoms with E-state index in [9.17, 15) is 19.5 Å². The number of piperidine rings is 1. The molecule has 0 saturated carbocycles. The minimum atomic E-state index is -1.30. The average molecular weight is 408 g/mol. The van der Waals surface area contributed by atoms with E-state index in [1.807, 2.05) is 0 Å². The van der Waals surface area contributed by atoms with Gasteiger partial charge in [-0.3, -0.25) is 9.69 Å². The molecule has 1 fully saturated rings.